The number of aromatic nitrogens is 2. The Kier molecular flexibility index (Phi) is 3.26. The van der Waals surface area contributed by atoms with E-state index in [-0.39, 0.29) is 10.6 Å². The molecule has 0 radical (unpaired) electrons. The molecule has 2 aromatic heterocycles. The minimum absolute atomic E-state index is 0.0929. The summed E-state index contributed by atoms with van der Waals surface area (Å²) in [5, 5.41) is 7.27. The average Bonchev–Trinajstić information content (AvgIpc) is 2.67. The highest BCUT2D eigenvalue weighted by Gasteiger charge is 2.06. The molecule has 2 N–H and O–H groups in total. The minimum Gasteiger partial charge on any atom is -0.364 e. The van der Waals surface area contributed by atoms with E-state index in [2.05, 4.69) is 26.0 Å². The quantitative estimate of drug-likeness (QED) is 0.886. The third-order valence-electron chi connectivity index (χ3n) is 2.20. The molecule has 0 spiro atoms. The number of H-pyrrole nitrogens is 1. The van der Waals surface area contributed by atoms with Gasteiger partial charge in [0, 0.05) is 6.54 Å². The lowest BCUT2D eigenvalue weighted by Gasteiger charge is -2.05. The maximum Gasteiger partial charge on any atom is 0.271 e. The Morgan fingerprint density at radius 2 is 2.38 bits per heavy atom. The number of anilines is 1. The summed E-state index contributed by atoms with van der Waals surface area (Å²) in [6.45, 7) is 2.66. The zero-order valence-electron chi connectivity index (χ0n) is 8.58. The van der Waals surface area contributed by atoms with Crippen molar-refractivity contribution in [2.45, 2.75) is 13.5 Å². The lowest BCUT2D eigenvalue weighted by Crippen LogP contribution is -2.11. The molecule has 16 heavy (non-hydrogen) atoms. The van der Waals surface area contributed by atoms with Gasteiger partial charge in [-0.1, -0.05) is 11.6 Å². The second-order valence-corrected chi connectivity index (χ2v) is 4.45. The van der Waals surface area contributed by atoms with E-state index in [9.17, 15) is 4.79 Å². The van der Waals surface area contributed by atoms with Crippen LogP contribution in [-0.2, 0) is 6.54 Å². The average molecular weight is 256 g/mol. The van der Waals surface area contributed by atoms with Crippen molar-refractivity contribution in [3.05, 3.63) is 43.6 Å². The molecule has 0 atom stereocenters. The molecule has 0 unspecified atom stereocenters. The summed E-state index contributed by atoms with van der Waals surface area (Å²) in [6.07, 6.45) is 1.33. The fraction of sp³-hybridized carbons (Fsp3) is 0.200. The molecule has 0 aliphatic heterocycles. The first-order chi connectivity index (χ1) is 7.68. The summed E-state index contributed by atoms with van der Waals surface area (Å²) in [6, 6.07) is 0. The van der Waals surface area contributed by atoms with Gasteiger partial charge in [0.1, 0.15) is 5.02 Å². The first-order valence-corrected chi connectivity index (χ1v) is 5.99. The van der Waals surface area contributed by atoms with Crippen molar-refractivity contribution in [3.8, 4) is 0 Å². The van der Waals surface area contributed by atoms with E-state index in [0.717, 1.165) is 0 Å². The van der Waals surface area contributed by atoms with Gasteiger partial charge in [-0.15, -0.1) is 0 Å². The number of hydrogen-bond donors (Lipinski definition) is 2. The fourth-order valence-electron chi connectivity index (χ4n) is 1.25. The Morgan fingerprint density at radius 3 is 3.06 bits per heavy atom. The van der Waals surface area contributed by atoms with E-state index in [0.29, 0.717) is 12.4 Å². The van der Waals surface area contributed by atoms with Gasteiger partial charge in [0.25, 0.3) is 5.56 Å². The van der Waals surface area contributed by atoms with Crippen LogP contribution in [0.5, 0.6) is 0 Å². The minimum atomic E-state index is -0.332. The summed E-state index contributed by atoms with van der Waals surface area (Å²) < 4.78 is 0. The van der Waals surface area contributed by atoms with E-state index in [4.69, 9.17) is 11.6 Å². The Hall–Kier alpha value is -1.33. The van der Waals surface area contributed by atoms with Crippen LogP contribution in [0.25, 0.3) is 0 Å². The zero-order valence-corrected chi connectivity index (χ0v) is 10.2. The Labute approximate surface area is 101 Å². The molecular weight excluding hydrogens is 246 g/mol. The number of halogens is 1. The van der Waals surface area contributed by atoms with Crippen LogP contribution in [0, 0.1) is 6.92 Å². The normalized spacial score (nSPS) is 10.4. The van der Waals surface area contributed by atoms with E-state index < -0.39 is 0 Å². The van der Waals surface area contributed by atoms with Crippen LogP contribution < -0.4 is 10.9 Å². The molecule has 0 aliphatic rings. The van der Waals surface area contributed by atoms with Crippen LogP contribution in [0.2, 0.25) is 5.02 Å². The molecule has 6 heteroatoms. The third kappa shape index (κ3) is 2.25. The molecule has 0 saturated carbocycles. The van der Waals surface area contributed by atoms with Gasteiger partial charge in [0.05, 0.1) is 6.33 Å². The highest BCUT2D eigenvalue weighted by Crippen LogP contribution is 2.17. The number of hydrogen-bond acceptors (Lipinski definition) is 4. The zero-order chi connectivity index (χ0) is 11.5. The van der Waals surface area contributed by atoms with Crippen LogP contribution in [0.1, 0.15) is 11.1 Å². The largest absolute Gasteiger partial charge is 0.364 e. The molecule has 2 aromatic rings. The van der Waals surface area contributed by atoms with Gasteiger partial charge < -0.3 is 10.3 Å². The van der Waals surface area contributed by atoms with E-state index in [1.807, 2.05) is 6.92 Å². The fourth-order valence-corrected chi connectivity index (χ4v) is 2.28. The summed E-state index contributed by atoms with van der Waals surface area (Å²) in [7, 11) is 0. The number of nitrogens with zero attached hydrogens (tertiary/aromatic N) is 1. The predicted molar refractivity (Wildman–Crippen MR) is 66.3 cm³/mol. The van der Waals surface area contributed by atoms with Gasteiger partial charge in [-0.05, 0) is 28.8 Å². The summed E-state index contributed by atoms with van der Waals surface area (Å²) in [4.78, 5) is 17.6. The molecule has 0 fully saturated rings. The first-order valence-electron chi connectivity index (χ1n) is 4.67. The summed E-state index contributed by atoms with van der Waals surface area (Å²) in [5.41, 5.74) is 2.07. The summed E-state index contributed by atoms with van der Waals surface area (Å²) >= 11 is 7.45. The van der Waals surface area contributed by atoms with Crippen molar-refractivity contribution in [1.29, 1.82) is 0 Å². The van der Waals surface area contributed by atoms with Crippen molar-refractivity contribution in [3.63, 3.8) is 0 Å². The van der Waals surface area contributed by atoms with Crippen molar-refractivity contribution < 1.29 is 0 Å². The van der Waals surface area contributed by atoms with Crippen molar-refractivity contribution in [2.75, 3.05) is 5.32 Å². The topological polar surface area (TPSA) is 57.8 Å². The van der Waals surface area contributed by atoms with Crippen LogP contribution in [0.15, 0.2) is 21.9 Å². The Morgan fingerprint density at radius 1 is 1.56 bits per heavy atom. The second-order valence-electron chi connectivity index (χ2n) is 3.33. The van der Waals surface area contributed by atoms with Gasteiger partial charge in [-0.25, -0.2) is 4.98 Å². The lowest BCUT2D eigenvalue weighted by atomic mass is 10.2. The molecule has 0 aromatic carbocycles. The molecule has 0 bridgehead atoms. The van der Waals surface area contributed by atoms with Crippen LogP contribution in [0.3, 0.4) is 0 Å². The molecule has 84 valence electrons. The van der Waals surface area contributed by atoms with Gasteiger partial charge in [-0.2, -0.15) is 11.3 Å². The number of thiophene rings is 1. The monoisotopic (exact) mass is 255 g/mol. The molecular formula is C10H10ClN3OS. The predicted octanol–water partition coefficient (Wildman–Crippen LogP) is 2.41. The number of nitrogens with one attached hydrogen (secondary N) is 2. The van der Waals surface area contributed by atoms with E-state index >= 15 is 0 Å². The first kappa shape index (κ1) is 11.2. The van der Waals surface area contributed by atoms with Gasteiger partial charge in [0.2, 0.25) is 0 Å². The highest BCUT2D eigenvalue weighted by atomic mass is 35.5. The lowest BCUT2D eigenvalue weighted by molar-refractivity contribution is 1.06. The third-order valence-corrected chi connectivity index (χ3v) is 3.47. The molecule has 2 heterocycles. The molecule has 0 saturated heterocycles. The SMILES string of the molecule is Cc1cscc1CNc1nc[nH]c(=O)c1Cl. The maximum absolute atomic E-state index is 11.2. The van der Waals surface area contributed by atoms with E-state index in [1.54, 1.807) is 11.3 Å². The number of rotatable bonds is 3. The van der Waals surface area contributed by atoms with Crippen molar-refractivity contribution in [1.82, 2.24) is 9.97 Å². The van der Waals surface area contributed by atoms with Crippen molar-refractivity contribution in [2.24, 2.45) is 0 Å². The van der Waals surface area contributed by atoms with E-state index in [1.165, 1.54) is 17.5 Å². The highest BCUT2D eigenvalue weighted by molar-refractivity contribution is 7.08. The molecule has 0 aliphatic carbocycles. The smallest absolute Gasteiger partial charge is 0.271 e. The van der Waals surface area contributed by atoms with Crippen molar-refractivity contribution >= 4 is 28.8 Å². The molecule has 2 rings (SSSR count). The summed E-state index contributed by atoms with van der Waals surface area (Å²) in [5.74, 6) is 0.413. The van der Waals surface area contributed by atoms with Crippen LogP contribution >= 0.6 is 22.9 Å². The molecule has 0 amide bonds. The van der Waals surface area contributed by atoms with Gasteiger partial charge >= 0.3 is 0 Å². The number of aromatic amines is 1. The second kappa shape index (κ2) is 4.67. The Balaban J connectivity index is 2.14. The molecule has 4 nitrogen and oxygen atoms in total. The van der Waals surface area contributed by atoms with Crippen LogP contribution in [0.4, 0.5) is 5.82 Å². The Bertz CT molecular complexity index is 549. The standard InChI is InChI=1S/C10H10ClN3OS/c1-6-3-16-4-7(6)2-12-9-8(11)10(15)14-5-13-9/h3-5H,2H2,1H3,(H2,12,13,14,15). The number of aryl methyl sites for hydroxylation is 1. The van der Waals surface area contributed by atoms with Crippen LogP contribution in [-0.4, -0.2) is 9.97 Å². The van der Waals surface area contributed by atoms with Gasteiger partial charge in [-0.3, -0.25) is 4.79 Å². The maximum atomic E-state index is 11.2. The van der Waals surface area contributed by atoms with Gasteiger partial charge in [0.15, 0.2) is 5.82 Å².